The van der Waals surface area contributed by atoms with Gasteiger partial charge in [0, 0.05) is 36.4 Å². The van der Waals surface area contributed by atoms with Crippen molar-refractivity contribution in [1.82, 2.24) is 14.5 Å². The third kappa shape index (κ3) is 19.0. The number of pyridine rings is 2. The molecular formula is C100H111N3. The van der Waals surface area contributed by atoms with E-state index in [1.165, 1.54) is 160 Å². The summed E-state index contributed by atoms with van der Waals surface area (Å²) >= 11 is 0. The van der Waals surface area contributed by atoms with Crippen molar-refractivity contribution in [2.75, 3.05) is 0 Å². The Labute approximate surface area is 617 Å². The molecule has 4 aliphatic carbocycles. The van der Waals surface area contributed by atoms with Crippen LogP contribution in [0.1, 0.15) is 164 Å². The Kier molecular flexibility index (Phi) is 26.3. The van der Waals surface area contributed by atoms with Crippen LogP contribution in [0.25, 0.3) is 60.3 Å². The summed E-state index contributed by atoms with van der Waals surface area (Å²) in [5.41, 5.74) is 32.4. The summed E-state index contributed by atoms with van der Waals surface area (Å²) in [5.74, 6) is 3.26. The van der Waals surface area contributed by atoms with Crippen molar-refractivity contribution < 1.29 is 0 Å². The second-order valence-corrected chi connectivity index (χ2v) is 29.7. The Morgan fingerprint density at radius 2 is 0.932 bits per heavy atom. The fourth-order valence-electron chi connectivity index (χ4n) is 15.5. The number of allylic oxidation sites excluding steroid dienone is 1. The Bertz CT molecular complexity index is 5000. The fraction of sp³-hybridized carbons (Fsp3) is 0.280. The van der Waals surface area contributed by atoms with Crippen LogP contribution in [0.3, 0.4) is 0 Å². The molecule has 11 aromatic carbocycles. The van der Waals surface area contributed by atoms with Crippen molar-refractivity contribution in [3.05, 3.63) is 360 Å². The molecule has 0 amide bonds. The first-order valence-electron chi connectivity index (χ1n) is 37.7. The summed E-state index contributed by atoms with van der Waals surface area (Å²) in [6, 6.07) is 79.6. The van der Waals surface area contributed by atoms with Crippen LogP contribution in [0.5, 0.6) is 0 Å². The van der Waals surface area contributed by atoms with Gasteiger partial charge in [-0.05, 0) is 314 Å². The topological polar surface area (TPSA) is 30.7 Å². The van der Waals surface area contributed by atoms with Crippen molar-refractivity contribution in [1.29, 1.82) is 0 Å². The van der Waals surface area contributed by atoms with Crippen LogP contribution in [0.4, 0.5) is 0 Å². The highest BCUT2D eigenvalue weighted by Gasteiger charge is 2.25. The van der Waals surface area contributed by atoms with E-state index in [1.54, 1.807) is 33.4 Å². The third-order valence-electron chi connectivity index (χ3n) is 22.0. The molecule has 0 N–H and O–H groups in total. The van der Waals surface area contributed by atoms with Gasteiger partial charge in [0.1, 0.15) is 0 Å². The summed E-state index contributed by atoms with van der Waals surface area (Å²) in [5, 5.41) is 9.33. The van der Waals surface area contributed by atoms with Gasteiger partial charge in [0.05, 0.1) is 16.6 Å². The van der Waals surface area contributed by atoms with Crippen LogP contribution >= 0.6 is 0 Å². The molecule has 0 bridgehead atoms. The maximum Gasteiger partial charge on any atom is 0.0733 e. The smallest absolute Gasteiger partial charge is 0.0733 e. The maximum absolute atomic E-state index is 4.34. The first-order valence-corrected chi connectivity index (χ1v) is 37.7. The van der Waals surface area contributed by atoms with E-state index in [2.05, 4.69) is 363 Å². The van der Waals surface area contributed by atoms with E-state index in [-0.39, 0.29) is 0 Å². The van der Waals surface area contributed by atoms with Crippen molar-refractivity contribution >= 4 is 60.3 Å². The largest absolute Gasteiger partial charge is 0.350 e. The number of hydrogen-bond donors (Lipinski definition) is 0. The lowest BCUT2D eigenvalue weighted by atomic mass is 9.82. The molecule has 0 saturated heterocycles. The molecule has 18 rings (SSSR count). The van der Waals surface area contributed by atoms with Gasteiger partial charge in [-0.25, -0.2) is 0 Å². The van der Waals surface area contributed by atoms with Gasteiger partial charge in [0.25, 0.3) is 0 Å². The molecule has 0 fully saturated rings. The molecule has 103 heavy (non-hydrogen) atoms. The molecule has 3 heteroatoms. The molecule has 4 aliphatic rings. The van der Waals surface area contributed by atoms with Crippen LogP contribution in [0, 0.1) is 94.9 Å². The van der Waals surface area contributed by atoms with Gasteiger partial charge in [0.2, 0.25) is 0 Å². The lowest BCUT2D eigenvalue weighted by molar-refractivity contribution is 0.532. The molecule has 14 aromatic rings. The van der Waals surface area contributed by atoms with Crippen LogP contribution < -0.4 is 0 Å². The Hall–Kier alpha value is -9.96. The molecular weight excluding hydrogens is 1240 g/mol. The molecule has 526 valence electrons. The molecule has 4 atom stereocenters. The predicted molar refractivity (Wildman–Crippen MR) is 449 cm³/mol. The molecule has 0 saturated carbocycles. The summed E-state index contributed by atoms with van der Waals surface area (Å²) in [7, 11) is 2.08. The Balaban J connectivity index is 0.000000125. The SMILES string of the molecule is CC1Cc2ccccc2C1C.Cc1ccc(C)c2ccccc12.Cc1ccc(C)c2ncccc12.Cc1ccc2ccccc2c1C.Cc1cccc2c1CC(C)C2.Cc1cccc2c1CC=C2.Cc1cccc2c1CCCC2C.Cc1cccc2ccn(C)c12.Cc1cccc2nccc(C)c12. The van der Waals surface area contributed by atoms with Crippen LogP contribution in [-0.4, -0.2) is 14.5 Å². The fourth-order valence-corrected chi connectivity index (χ4v) is 15.5. The number of benzene rings is 11. The van der Waals surface area contributed by atoms with E-state index in [4.69, 9.17) is 0 Å². The summed E-state index contributed by atoms with van der Waals surface area (Å²) in [4.78, 5) is 8.64. The summed E-state index contributed by atoms with van der Waals surface area (Å²) in [6.45, 7) is 35.2. The van der Waals surface area contributed by atoms with E-state index in [1.807, 2.05) is 24.5 Å². The van der Waals surface area contributed by atoms with Crippen LogP contribution in [0.2, 0.25) is 0 Å². The highest BCUT2D eigenvalue weighted by molar-refractivity contribution is 5.89. The molecule has 0 aliphatic heterocycles. The lowest BCUT2D eigenvalue weighted by Crippen LogP contribution is -2.08. The third-order valence-corrected chi connectivity index (χ3v) is 22.0. The molecule has 0 spiro atoms. The lowest BCUT2D eigenvalue weighted by Gasteiger charge is -2.23. The number of aryl methyl sites for hydroxylation is 13. The first-order chi connectivity index (χ1) is 49.7. The number of hydrogen-bond acceptors (Lipinski definition) is 2. The van der Waals surface area contributed by atoms with E-state index < -0.39 is 0 Å². The monoisotopic (exact) mass is 1350 g/mol. The van der Waals surface area contributed by atoms with E-state index in [0.717, 1.165) is 41.1 Å². The van der Waals surface area contributed by atoms with Crippen LogP contribution in [-0.2, 0) is 39.2 Å². The highest BCUT2D eigenvalue weighted by atomic mass is 14.9. The maximum atomic E-state index is 4.34. The average molecular weight is 1360 g/mol. The Morgan fingerprint density at radius 1 is 0.379 bits per heavy atom. The summed E-state index contributed by atoms with van der Waals surface area (Å²) in [6.07, 6.45) is 19.2. The van der Waals surface area contributed by atoms with Crippen LogP contribution in [0.15, 0.2) is 249 Å². The van der Waals surface area contributed by atoms with Gasteiger partial charge in [-0.2, -0.15) is 0 Å². The van der Waals surface area contributed by atoms with Crippen molar-refractivity contribution in [2.24, 2.45) is 18.9 Å². The number of aromatic nitrogens is 3. The van der Waals surface area contributed by atoms with Crippen molar-refractivity contribution in [3.63, 3.8) is 0 Å². The zero-order valence-corrected chi connectivity index (χ0v) is 64.8. The predicted octanol–water partition coefficient (Wildman–Crippen LogP) is 26.8. The van der Waals surface area contributed by atoms with E-state index in [0.29, 0.717) is 0 Å². The standard InChI is InChI=1S/C12H16.2C12H12.2C11H11N.2C11H14.C10H11N.C10H10/c1-9-5-3-8-12-10(2)6-4-7-11(9)12;1-9-7-8-11-5-3-4-6-12(11)10(9)2;1-9-7-8-10(2)12-6-4-3-5-11(9)12;1-8-5-6-9(2)11-10(8)4-3-7-12-11;1-8-4-3-5-10-11(8)9(2)6-7-12-10;1-8-6-10-5-3-4-9(2)11(10)7-8;1-8-7-10-5-3-4-6-11(10)9(8)2;1-8-4-3-5-9-6-7-11(2)10(8)9;1-8-4-2-5-9-6-3-7-10(8)9/h3,5,8,10H,4,6-7H2,1-2H3;2*3-8H,1-2H3;2*3-7H,1-2H3;3-5,8H,6-7H2,1-2H3;3-6,8-9H,7H2,1-2H3;3-7H,1-2H3;2-6H,7H2,1H3. The normalized spacial score (nSPS) is 15.3. The van der Waals surface area contributed by atoms with Gasteiger partial charge >= 0.3 is 0 Å². The molecule has 0 radical (unpaired) electrons. The Morgan fingerprint density at radius 3 is 1.61 bits per heavy atom. The van der Waals surface area contributed by atoms with Gasteiger partial charge in [-0.1, -0.05) is 240 Å². The van der Waals surface area contributed by atoms with Gasteiger partial charge in [-0.15, -0.1) is 0 Å². The summed E-state index contributed by atoms with van der Waals surface area (Å²) < 4.78 is 2.16. The first kappa shape index (κ1) is 75.7. The second-order valence-electron chi connectivity index (χ2n) is 29.7. The van der Waals surface area contributed by atoms with E-state index in [9.17, 15) is 0 Å². The molecule has 3 nitrogen and oxygen atoms in total. The van der Waals surface area contributed by atoms with Gasteiger partial charge in [0.15, 0.2) is 0 Å². The van der Waals surface area contributed by atoms with Crippen molar-refractivity contribution in [2.45, 2.75) is 168 Å². The van der Waals surface area contributed by atoms with Gasteiger partial charge < -0.3 is 4.57 Å². The number of rotatable bonds is 0. The number of para-hydroxylation sites is 1. The zero-order valence-electron chi connectivity index (χ0n) is 64.8. The minimum atomic E-state index is 0.770. The minimum Gasteiger partial charge on any atom is -0.350 e. The van der Waals surface area contributed by atoms with Crippen molar-refractivity contribution in [3.8, 4) is 0 Å². The average Bonchev–Trinajstić information content (AvgIpc) is 1.80. The minimum absolute atomic E-state index is 0.770. The highest BCUT2D eigenvalue weighted by Crippen LogP contribution is 2.37. The molecule has 3 heterocycles. The zero-order chi connectivity index (χ0) is 73.3. The van der Waals surface area contributed by atoms with Gasteiger partial charge in [-0.3, -0.25) is 9.97 Å². The number of fused-ring (bicyclic) bond motifs is 9. The van der Waals surface area contributed by atoms with E-state index >= 15 is 0 Å². The second kappa shape index (κ2) is 35.8. The molecule has 3 aromatic heterocycles. The number of nitrogens with zero attached hydrogens (tertiary/aromatic N) is 3. The molecule has 4 unspecified atom stereocenters. The quantitative estimate of drug-likeness (QED) is 0.151.